The molecule has 0 aliphatic carbocycles. The molecule has 0 aliphatic heterocycles. The van der Waals surface area contributed by atoms with Crippen molar-refractivity contribution in [1.29, 1.82) is 0 Å². The standard InChI is InChI=1S/C13H12O6S2/c1-16-12(14)10-8(3-5-20-10)18-7-19-9-4-6-21-11(9)13(15)17-2/h3-6H,7H2,1-2H3. The summed E-state index contributed by atoms with van der Waals surface area (Å²) in [6.45, 7) is -0.137. The van der Waals surface area contributed by atoms with Gasteiger partial charge in [-0.15, -0.1) is 22.7 Å². The van der Waals surface area contributed by atoms with Crippen LogP contribution in [0.2, 0.25) is 0 Å². The predicted molar refractivity (Wildman–Crippen MR) is 77.4 cm³/mol. The zero-order valence-corrected chi connectivity index (χ0v) is 12.9. The highest BCUT2D eigenvalue weighted by Gasteiger charge is 2.17. The first-order chi connectivity index (χ1) is 10.2. The third-order valence-corrected chi connectivity index (χ3v) is 4.18. The lowest BCUT2D eigenvalue weighted by atomic mass is 10.4. The van der Waals surface area contributed by atoms with Crippen molar-refractivity contribution in [2.24, 2.45) is 0 Å². The summed E-state index contributed by atoms with van der Waals surface area (Å²) >= 11 is 2.43. The van der Waals surface area contributed by atoms with Crippen LogP contribution in [0.15, 0.2) is 22.9 Å². The van der Waals surface area contributed by atoms with Crippen molar-refractivity contribution in [2.45, 2.75) is 0 Å². The largest absolute Gasteiger partial charge is 0.465 e. The van der Waals surface area contributed by atoms with Gasteiger partial charge in [0.25, 0.3) is 0 Å². The molecule has 0 radical (unpaired) electrons. The summed E-state index contributed by atoms with van der Waals surface area (Å²) in [5.41, 5.74) is 0. The van der Waals surface area contributed by atoms with Gasteiger partial charge in [0, 0.05) is 0 Å². The van der Waals surface area contributed by atoms with Crippen LogP contribution in [0.3, 0.4) is 0 Å². The van der Waals surface area contributed by atoms with E-state index in [2.05, 4.69) is 9.47 Å². The minimum absolute atomic E-state index is 0.137. The molecule has 0 spiro atoms. The summed E-state index contributed by atoms with van der Waals surface area (Å²) in [5, 5.41) is 3.43. The van der Waals surface area contributed by atoms with E-state index < -0.39 is 11.9 Å². The van der Waals surface area contributed by atoms with Crippen LogP contribution < -0.4 is 9.47 Å². The van der Waals surface area contributed by atoms with Crippen LogP contribution in [0.25, 0.3) is 0 Å². The van der Waals surface area contributed by atoms with Crippen LogP contribution >= 0.6 is 22.7 Å². The Hall–Kier alpha value is -2.06. The van der Waals surface area contributed by atoms with Crippen molar-refractivity contribution >= 4 is 34.6 Å². The van der Waals surface area contributed by atoms with E-state index in [-0.39, 0.29) is 6.79 Å². The maximum absolute atomic E-state index is 11.5. The van der Waals surface area contributed by atoms with E-state index in [1.807, 2.05) is 0 Å². The number of ether oxygens (including phenoxy) is 4. The molecule has 2 heterocycles. The lowest BCUT2D eigenvalue weighted by Crippen LogP contribution is -2.10. The molecule has 0 atom stereocenters. The molecule has 8 heteroatoms. The van der Waals surface area contributed by atoms with Gasteiger partial charge in [-0.2, -0.15) is 0 Å². The number of hydrogen-bond acceptors (Lipinski definition) is 8. The van der Waals surface area contributed by atoms with Gasteiger partial charge in [-0.1, -0.05) is 0 Å². The molecule has 0 N–H and O–H groups in total. The maximum Gasteiger partial charge on any atom is 0.351 e. The first-order valence-corrected chi connectivity index (χ1v) is 7.50. The number of rotatable bonds is 6. The molecule has 0 aliphatic rings. The van der Waals surface area contributed by atoms with Crippen LogP contribution in [0.1, 0.15) is 19.3 Å². The molecular weight excluding hydrogens is 316 g/mol. The molecule has 21 heavy (non-hydrogen) atoms. The minimum atomic E-state index is -0.467. The summed E-state index contributed by atoms with van der Waals surface area (Å²) < 4.78 is 20.1. The van der Waals surface area contributed by atoms with Gasteiger partial charge in [0.15, 0.2) is 9.75 Å². The molecular formula is C13H12O6S2. The fourth-order valence-electron chi connectivity index (χ4n) is 1.46. The van der Waals surface area contributed by atoms with Crippen molar-refractivity contribution in [2.75, 3.05) is 21.0 Å². The number of esters is 2. The number of carbonyl (C=O) groups excluding carboxylic acids is 2. The smallest absolute Gasteiger partial charge is 0.351 e. The van der Waals surface area contributed by atoms with Gasteiger partial charge in [-0.25, -0.2) is 9.59 Å². The number of hydrogen-bond donors (Lipinski definition) is 0. The highest BCUT2D eigenvalue weighted by atomic mass is 32.1. The summed E-state index contributed by atoms with van der Waals surface area (Å²) in [4.78, 5) is 23.7. The third-order valence-electron chi connectivity index (χ3n) is 2.43. The molecule has 2 rings (SSSR count). The molecule has 0 fully saturated rings. The zero-order chi connectivity index (χ0) is 15.2. The van der Waals surface area contributed by atoms with Crippen molar-refractivity contribution in [1.82, 2.24) is 0 Å². The lowest BCUT2D eigenvalue weighted by Gasteiger charge is -2.08. The normalized spacial score (nSPS) is 10.0. The first kappa shape index (κ1) is 15.3. The molecule has 0 saturated carbocycles. The Morgan fingerprint density at radius 3 is 1.71 bits per heavy atom. The fourth-order valence-corrected chi connectivity index (χ4v) is 2.96. The Morgan fingerprint density at radius 1 is 0.905 bits per heavy atom. The molecule has 112 valence electrons. The predicted octanol–water partition coefficient (Wildman–Crippen LogP) is 2.80. The molecule has 2 aromatic rings. The zero-order valence-electron chi connectivity index (χ0n) is 11.3. The van der Waals surface area contributed by atoms with Crippen LogP contribution in [0.5, 0.6) is 11.5 Å². The van der Waals surface area contributed by atoms with Crippen molar-refractivity contribution in [3.8, 4) is 11.5 Å². The van der Waals surface area contributed by atoms with Crippen molar-refractivity contribution in [3.63, 3.8) is 0 Å². The second kappa shape index (κ2) is 7.09. The molecule has 2 aromatic heterocycles. The van der Waals surface area contributed by atoms with Gasteiger partial charge < -0.3 is 18.9 Å². The van der Waals surface area contributed by atoms with E-state index in [1.54, 1.807) is 22.9 Å². The number of thiophene rings is 2. The third kappa shape index (κ3) is 3.53. The highest BCUT2D eigenvalue weighted by molar-refractivity contribution is 7.12. The Labute approximate surface area is 128 Å². The maximum atomic E-state index is 11.5. The topological polar surface area (TPSA) is 71.1 Å². The van der Waals surface area contributed by atoms with Crippen molar-refractivity contribution in [3.05, 3.63) is 32.6 Å². The lowest BCUT2D eigenvalue weighted by molar-refractivity contribution is 0.0593. The average Bonchev–Trinajstić information content (AvgIpc) is 3.15. The monoisotopic (exact) mass is 328 g/mol. The Balaban J connectivity index is 1.97. The summed E-state index contributed by atoms with van der Waals surface area (Å²) in [6, 6.07) is 3.30. The van der Waals surface area contributed by atoms with Crippen LogP contribution in [-0.4, -0.2) is 33.0 Å². The van der Waals surface area contributed by atoms with Crippen LogP contribution in [-0.2, 0) is 9.47 Å². The SMILES string of the molecule is COC(=O)c1sccc1OCOc1ccsc1C(=O)OC. The molecule has 0 saturated heterocycles. The van der Waals surface area contributed by atoms with E-state index in [1.165, 1.54) is 36.9 Å². The van der Waals surface area contributed by atoms with Gasteiger partial charge in [0.2, 0.25) is 6.79 Å². The fraction of sp³-hybridized carbons (Fsp3) is 0.231. The first-order valence-electron chi connectivity index (χ1n) is 5.74. The molecule has 6 nitrogen and oxygen atoms in total. The van der Waals surface area contributed by atoms with Gasteiger partial charge >= 0.3 is 11.9 Å². The number of methoxy groups -OCH3 is 2. The van der Waals surface area contributed by atoms with Gasteiger partial charge in [0.1, 0.15) is 11.5 Å². The van der Waals surface area contributed by atoms with E-state index >= 15 is 0 Å². The Morgan fingerprint density at radius 2 is 1.33 bits per heavy atom. The second-order valence-electron chi connectivity index (χ2n) is 3.62. The van der Waals surface area contributed by atoms with Gasteiger partial charge in [0.05, 0.1) is 14.2 Å². The Bertz CT molecular complexity index is 576. The van der Waals surface area contributed by atoms with Crippen molar-refractivity contribution < 1.29 is 28.5 Å². The highest BCUT2D eigenvalue weighted by Crippen LogP contribution is 2.28. The van der Waals surface area contributed by atoms with E-state index in [4.69, 9.17) is 9.47 Å². The minimum Gasteiger partial charge on any atom is -0.465 e. The van der Waals surface area contributed by atoms with Gasteiger partial charge in [-0.3, -0.25) is 0 Å². The summed E-state index contributed by atoms with van der Waals surface area (Å²) in [5.74, 6) is -0.181. The average molecular weight is 328 g/mol. The van der Waals surface area contributed by atoms with E-state index in [9.17, 15) is 9.59 Å². The molecule has 0 aromatic carbocycles. The Kier molecular flexibility index (Phi) is 5.18. The van der Waals surface area contributed by atoms with Crippen LogP contribution in [0, 0.1) is 0 Å². The van der Waals surface area contributed by atoms with Gasteiger partial charge in [-0.05, 0) is 22.9 Å². The molecule has 0 unspecified atom stereocenters. The molecule has 0 bridgehead atoms. The van der Waals surface area contributed by atoms with E-state index in [0.29, 0.717) is 21.3 Å². The summed E-state index contributed by atoms with van der Waals surface area (Å²) in [6.07, 6.45) is 0. The summed E-state index contributed by atoms with van der Waals surface area (Å²) in [7, 11) is 2.60. The quantitative estimate of drug-likeness (QED) is 0.600. The van der Waals surface area contributed by atoms with Crippen LogP contribution in [0.4, 0.5) is 0 Å². The molecule has 0 amide bonds. The van der Waals surface area contributed by atoms with E-state index in [0.717, 1.165) is 0 Å². The number of carbonyl (C=O) groups is 2. The second-order valence-corrected chi connectivity index (χ2v) is 5.45.